The van der Waals surface area contributed by atoms with Gasteiger partial charge in [-0.15, -0.1) is 0 Å². The first-order valence-corrected chi connectivity index (χ1v) is 5.02. The van der Waals surface area contributed by atoms with E-state index in [1.54, 1.807) is 0 Å². The van der Waals surface area contributed by atoms with E-state index < -0.39 is 15.0 Å². The molecule has 0 aliphatic heterocycles. The van der Waals surface area contributed by atoms with Crippen molar-refractivity contribution in [1.29, 1.82) is 0 Å². The predicted octanol–water partition coefficient (Wildman–Crippen LogP) is -0.915. The first kappa shape index (κ1) is 9.71. The van der Waals surface area contributed by atoms with Gasteiger partial charge in [-0.25, -0.2) is 8.42 Å². The summed E-state index contributed by atoms with van der Waals surface area (Å²) in [6.07, 6.45) is -0.264. The first-order valence-electron chi connectivity index (χ1n) is 2.54. The van der Waals surface area contributed by atoms with Crippen LogP contribution in [0.2, 0.25) is 0 Å². The van der Waals surface area contributed by atoms with Gasteiger partial charge in [-0.1, -0.05) is 0 Å². The number of hydrogen-bond acceptors (Lipinski definition) is 4. The van der Waals surface area contributed by atoms with E-state index in [0.29, 0.717) is 0 Å². The maximum atomic E-state index is 10.2. The molecule has 10 heavy (non-hydrogen) atoms. The summed E-state index contributed by atoms with van der Waals surface area (Å²) in [7, 11) is 1.24. The van der Waals surface area contributed by atoms with Crippen LogP contribution >= 0.6 is 10.7 Å². The molecule has 0 bridgehead atoms. The normalized spacial score (nSPS) is 11.3. The molecule has 0 aromatic carbocycles. The van der Waals surface area contributed by atoms with Crippen LogP contribution in [0.4, 0.5) is 0 Å². The molecule has 0 atom stereocenters. The van der Waals surface area contributed by atoms with Gasteiger partial charge in [0, 0.05) is 16.7 Å². The molecule has 0 unspecified atom stereocenters. The Balaban J connectivity index is 3.49. The SMILES string of the molecule is O=C([O-])CCCS(=O)(=O)Cl. The molecule has 4 nitrogen and oxygen atoms in total. The van der Waals surface area contributed by atoms with Gasteiger partial charge >= 0.3 is 0 Å². The molecule has 0 amide bonds. The highest BCUT2D eigenvalue weighted by molar-refractivity contribution is 8.13. The number of carboxylic acid groups (broad SMARTS) is 1. The smallest absolute Gasteiger partial charge is 0.232 e. The predicted molar refractivity (Wildman–Crippen MR) is 33.9 cm³/mol. The van der Waals surface area contributed by atoms with Crippen molar-refractivity contribution < 1.29 is 18.3 Å². The van der Waals surface area contributed by atoms with Crippen LogP contribution in [0.15, 0.2) is 0 Å². The van der Waals surface area contributed by atoms with Crippen LogP contribution in [0.3, 0.4) is 0 Å². The Bertz CT molecular complexity index is 207. The highest BCUT2D eigenvalue weighted by Gasteiger charge is 2.03. The maximum absolute atomic E-state index is 10.2. The molecule has 0 spiro atoms. The molecule has 0 rings (SSSR count). The van der Waals surface area contributed by atoms with E-state index in [9.17, 15) is 18.3 Å². The molecule has 0 N–H and O–H groups in total. The molecule has 0 heterocycles. The topological polar surface area (TPSA) is 74.3 Å². The van der Waals surface area contributed by atoms with Crippen molar-refractivity contribution >= 4 is 25.7 Å². The number of hydrogen-bond donors (Lipinski definition) is 0. The molecule has 0 aromatic heterocycles. The Kier molecular flexibility index (Phi) is 3.67. The van der Waals surface area contributed by atoms with Crippen LogP contribution in [-0.4, -0.2) is 20.1 Å². The zero-order valence-corrected chi connectivity index (χ0v) is 6.61. The van der Waals surface area contributed by atoms with Crippen LogP contribution < -0.4 is 5.11 Å². The van der Waals surface area contributed by atoms with Crippen LogP contribution in [0.25, 0.3) is 0 Å². The largest absolute Gasteiger partial charge is 0.550 e. The lowest BCUT2D eigenvalue weighted by Crippen LogP contribution is -2.22. The number of carbonyl (C=O) groups excluding carboxylic acids is 1. The Labute approximate surface area is 63.2 Å². The molecule has 0 saturated carbocycles. The summed E-state index contributed by atoms with van der Waals surface area (Å²) in [5.74, 6) is -1.58. The minimum absolute atomic E-state index is 0.00810. The van der Waals surface area contributed by atoms with Crippen LogP contribution in [0.1, 0.15) is 12.8 Å². The van der Waals surface area contributed by atoms with Crippen molar-refractivity contribution in [3.8, 4) is 0 Å². The Morgan fingerprint density at radius 2 is 2.00 bits per heavy atom. The van der Waals surface area contributed by atoms with Crippen molar-refractivity contribution in [3.05, 3.63) is 0 Å². The van der Waals surface area contributed by atoms with E-state index in [1.807, 2.05) is 0 Å². The quantitative estimate of drug-likeness (QED) is 0.532. The number of rotatable bonds is 4. The van der Waals surface area contributed by atoms with Gasteiger partial charge in [0.15, 0.2) is 0 Å². The van der Waals surface area contributed by atoms with Crippen LogP contribution in [0.5, 0.6) is 0 Å². The van der Waals surface area contributed by atoms with Gasteiger partial charge in [0.05, 0.1) is 5.75 Å². The zero-order valence-electron chi connectivity index (χ0n) is 5.04. The van der Waals surface area contributed by atoms with Crippen molar-refractivity contribution in [2.24, 2.45) is 0 Å². The lowest BCUT2D eigenvalue weighted by atomic mass is 10.3. The summed E-state index contributed by atoms with van der Waals surface area (Å²) < 4.78 is 20.3. The third kappa shape index (κ3) is 7.71. The molecule has 0 fully saturated rings. The lowest BCUT2D eigenvalue weighted by molar-refractivity contribution is -0.305. The minimum Gasteiger partial charge on any atom is -0.550 e. The van der Waals surface area contributed by atoms with Gasteiger partial charge in [-0.05, 0) is 12.8 Å². The summed E-state index contributed by atoms with van der Waals surface area (Å²) in [4.78, 5) is 9.74. The summed E-state index contributed by atoms with van der Waals surface area (Å²) >= 11 is 0. The summed E-state index contributed by atoms with van der Waals surface area (Å²) in [6, 6.07) is 0. The minimum atomic E-state index is -3.54. The average Bonchev–Trinajstić information content (AvgIpc) is 1.59. The lowest BCUT2D eigenvalue weighted by Gasteiger charge is -1.97. The van der Waals surface area contributed by atoms with E-state index >= 15 is 0 Å². The molecular formula is C4H6ClO4S-. The van der Waals surface area contributed by atoms with Crippen molar-refractivity contribution in [3.63, 3.8) is 0 Å². The highest BCUT2D eigenvalue weighted by atomic mass is 35.7. The van der Waals surface area contributed by atoms with Gasteiger partial charge in [-0.2, -0.15) is 0 Å². The maximum Gasteiger partial charge on any atom is 0.232 e. The molecule has 6 heteroatoms. The zero-order chi connectivity index (χ0) is 8.20. The van der Waals surface area contributed by atoms with E-state index in [1.165, 1.54) is 0 Å². The van der Waals surface area contributed by atoms with E-state index in [-0.39, 0.29) is 18.6 Å². The molecule has 0 radical (unpaired) electrons. The molecular weight excluding hydrogens is 180 g/mol. The summed E-state index contributed by atoms with van der Waals surface area (Å²) in [5, 5.41) is 9.74. The van der Waals surface area contributed by atoms with Gasteiger partial charge in [-0.3, -0.25) is 0 Å². The fourth-order valence-corrected chi connectivity index (χ4v) is 1.21. The van der Waals surface area contributed by atoms with E-state index in [0.717, 1.165) is 0 Å². The van der Waals surface area contributed by atoms with Gasteiger partial charge in [0.1, 0.15) is 0 Å². The second kappa shape index (κ2) is 3.78. The van der Waals surface area contributed by atoms with Crippen molar-refractivity contribution in [2.45, 2.75) is 12.8 Å². The molecule has 0 saturated heterocycles. The van der Waals surface area contributed by atoms with Gasteiger partial charge in [0.25, 0.3) is 0 Å². The third-order valence-corrected chi connectivity index (χ3v) is 2.01. The monoisotopic (exact) mass is 185 g/mol. The Hall–Kier alpha value is -0.290. The first-order chi connectivity index (χ1) is 4.42. The van der Waals surface area contributed by atoms with Crippen LogP contribution in [0, 0.1) is 0 Å². The van der Waals surface area contributed by atoms with E-state index in [4.69, 9.17) is 10.7 Å². The van der Waals surface area contributed by atoms with Crippen LogP contribution in [-0.2, 0) is 13.8 Å². The van der Waals surface area contributed by atoms with E-state index in [2.05, 4.69) is 0 Å². The van der Waals surface area contributed by atoms with Gasteiger partial charge < -0.3 is 9.90 Å². The molecule has 60 valence electrons. The molecule has 0 aliphatic carbocycles. The highest BCUT2D eigenvalue weighted by Crippen LogP contribution is 2.00. The van der Waals surface area contributed by atoms with Crippen molar-refractivity contribution in [1.82, 2.24) is 0 Å². The number of carbonyl (C=O) groups is 1. The second-order valence-corrected chi connectivity index (χ2v) is 4.62. The Morgan fingerprint density at radius 1 is 1.50 bits per heavy atom. The fraction of sp³-hybridized carbons (Fsp3) is 0.750. The van der Waals surface area contributed by atoms with Crippen molar-refractivity contribution in [2.75, 3.05) is 5.75 Å². The number of aliphatic carboxylic acids is 1. The molecule has 0 aliphatic rings. The number of halogens is 1. The standard InChI is InChI=1S/C4H7ClO4S/c5-10(8,9)3-1-2-4(6)7/h1-3H2,(H,6,7)/p-1. The summed E-state index contributed by atoms with van der Waals surface area (Å²) in [6.45, 7) is 0. The van der Waals surface area contributed by atoms with Gasteiger partial charge in [0.2, 0.25) is 9.05 Å². The average molecular weight is 186 g/mol. The Morgan fingerprint density at radius 3 is 2.30 bits per heavy atom. The fourth-order valence-electron chi connectivity index (χ4n) is 0.389. The number of carboxylic acids is 1. The molecule has 0 aromatic rings. The second-order valence-electron chi connectivity index (χ2n) is 1.72. The third-order valence-electron chi connectivity index (χ3n) is 0.769. The summed E-state index contributed by atoms with van der Waals surface area (Å²) in [5.41, 5.74) is 0.